The van der Waals surface area contributed by atoms with Gasteiger partial charge in [0.25, 0.3) is 0 Å². The molecule has 0 fully saturated rings. The van der Waals surface area contributed by atoms with Crippen LogP contribution in [-0.4, -0.2) is 5.97 Å². The Kier molecular flexibility index (Phi) is 4.90. The first-order valence-electron chi connectivity index (χ1n) is 6.56. The van der Waals surface area contributed by atoms with Crippen LogP contribution >= 0.6 is 0 Å². The van der Waals surface area contributed by atoms with Gasteiger partial charge in [0.1, 0.15) is 5.75 Å². The summed E-state index contributed by atoms with van der Waals surface area (Å²) in [5.41, 5.74) is 8.14. The van der Waals surface area contributed by atoms with E-state index >= 15 is 0 Å². The number of esters is 1. The second-order valence-electron chi connectivity index (χ2n) is 5.42. The number of ether oxygens (including phenoxy) is 1. The molecule has 19 heavy (non-hydrogen) atoms. The lowest BCUT2D eigenvalue weighted by molar-refractivity contribution is -0.130. The zero-order chi connectivity index (χ0) is 14.6. The van der Waals surface area contributed by atoms with Crippen molar-refractivity contribution in [3.05, 3.63) is 41.5 Å². The molecule has 0 spiro atoms. The van der Waals surface area contributed by atoms with Crippen molar-refractivity contribution < 1.29 is 9.53 Å². The van der Waals surface area contributed by atoms with Gasteiger partial charge in [-0.25, -0.2) is 4.79 Å². The number of rotatable bonds is 5. The predicted molar refractivity (Wildman–Crippen MR) is 78.1 cm³/mol. The van der Waals surface area contributed by atoms with Gasteiger partial charge in [-0.1, -0.05) is 32.1 Å². The summed E-state index contributed by atoms with van der Waals surface area (Å²) in [7, 11) is 0. The third-order valence-corrected chi connectivity index (χ3v) is 2.88. The monoisotopic (exact) mass is 261 g/mol. The van der Waals surface area contributed by atoms with Gasteiger partial charge in [0, 0.05) is 11.1 Å². The molecule has 0 aliphatic carbocycles. The Morgan fingerprint density at radius 3 is 2.53 bits per heavy atom. The minimum atomic E-state index is -0.462. The zero-order valence-electron chi connectivity index (χ0n) is 12.2. The molecule has 0 atom stereocenters. The molecular formula is C16H23NO2. The standard InChI is InChI=1S/C16H23NO2/c1-6-8-12-13(16(4,5)17)9-7-10-14(12)19-15(18)11(2)3/h7,9-10H,2,6,8,17H2,1,3-5H3. The first-order chi connectivity index (χ1) is 8.77. The van der Waals surface area contributed by atoms with Crippen LogP contribution in [0, 0.1) is 0 Å². The highest BCUT2D eigenvalue weighted by Gasteiger charge is 2.21. The van der Waals surface area contributed by atoms with Gasteiger partial charge in [-0.15, -0.1) is 0 Å². The highest BCUT2D eigenvalue weighted by molar-refractivity contribution is 5.89. The maximum absolute atomic E-state index is 11.7. The molecule has 1 aromatic rings. The summed E-state index contributed by atoms with van der Waals surface area (Å²) in [5.74, 6) is 0.190. The van der Waals surface area contributed by atoms with Crippen molar-refractivity contribution in [3.63, 3.8) is 0 Å². The van der Waals surface area contributed by atoms with Crippen molar-refractivity contribution in [3.8, 4) is 5.75 Å². The molecule has 0 saturated carbocycles. The summed E-state index contributed by atoms with van der Waals surface area (Å²) >= 11 is 0. The normalized spacial score (nSPS) is 11.2. The van der Waals surface area contributed by atoms with Crippen molar-refractivity contribution in [1.29, 1.82) is 0 Å². The van der Waals surface area contributed by atoms with E-state index in [2.05, 4.69) is 13.5 Å². The molecule has 0 bridgehead atoms. The fourth-order valence-corrected chi connectivity index (χ4v) is 1.96. The molecule has 1 rings (SSSR count). The van der Waals surface area contributed by atoms with Gasteiger partial charge in [0.05, 0.1) is 0 Å². The van der Waals surface area contributed by atoms with Gasteiger partial charge in [0.2, 0.25) is 0 Å². The number of benzene rings is 1. The van der Waals surface area contributed by atoms with Crippen LogP contribution in [0.3, 0.4) is 0 Å². The summed E-state index contributed by atoms with van der Waals surface area (Å²) < 4.78 is 5.40. The molecule has 0 aliphatic rings. The highest BCUT2D eigenvalue weighted by atomic mass is 16.5. The van der Waals surface area contributed by atoms with Gasteiger partial charge in [-0.05, 0) is 44.4 Å². The fourth-order valence-electron chi connectivity index (χ4n) is 1.96. The third-order valence-electron chi connectivity index (χ3n) is 2.88. The van der Waals surface area contributed by atoms with E-state index in [-0.39, 0.29) is 0 Å². The first kappa shape index (κ1) is 15.4. The molecule has 2 N–H and O–H groups in total. The van der Waals surface area contributed by atoms with E-state index in [0.717, 1.165) is 24.0 Å². The Morgan fingerprint density at radius 1 is 1.42 bits per heavy atom. The third kappa shape index (κ3) is 3.93. The zero-order valence-corrected chi connectivity index (χ0v) is 12.2. The van der Waals surface area contributed by atoms with Crippen molar-refractivity contribution in [2.45, 2.75) is 46.1 Å². The molecule has 0 amide bonds. The lowest BCUT2D eigenvalue weighted by Crippen LogP contribution is -2.30. The van der Waals surface area contributed by atoms with Gasteiger partial charge >= 0.3 is 5.97 Å². The molecule has 0 heterocycles. The van der Waals surface area contributed by atoms with E-state index in [4.69, 9.17) is 10.5 Å². The maximum Gasteiger partial charge on any atom is 0.338 e. The highest BCUT2D eigenvalue weighted by Crippen LogP contribution is 2.30. The maximum atomic E-state index is 11.7. The first-order valence-corrected chi connectivity index (χ1v) is 6.56. The van der Waals surface area contributed by atoms with Crippen molar-refractivity contribution in [2.24, 2.45) is 5.73 Å². The summed E-state index contributed by atoms with van der Waals surface area (Å²) in [4.78, 5) is 11.7. The molecule has 3 nitrogen and oxygen atoms in total. The Morgan fingerprint density at radius 2 is 2.05 bits per heavy atom. The molecule has 0 radical (unpaired) electrons. The van der Waals surface area contributed by atoms with E-state index in [1.54, 1.807) is 13.0 Å². The number of hydrogen-bond acceptors (Lipinski definition) is 3. The van der Waals surface area contributed by atoms with Crippen LogP contribution in [0.25, 0.3) is 0 Å². The quantitative estimate of drug-likeness (QED) is 0.502. The summed E-state index contributed by atoms with van der Waals surface area (Å²) in [6, 6.07) is 5.66. The topological polar surface area (TPSA) is 52.3 Å². The second-order valence-corrected chi connectivity index (χ2v) is 5.42. The van der Waals surface area contributed by atoms with Crippen LogP contribution in [-0.2, 0) is 16.8 Å². The lowest BCUT2D eigenvalue weighted by Gasteiger charge is -2.24. The van der Waals surface area contributed by atoms with E-state index in [9.17, 15) is 4.79 Å². The molecule has 0 saturated heterocycles. The molecule has 0 aliphatic heterocycles. The molecule has 0 unspecified atom stereocenters. The van der Waals surface area contributed by atoms with E-state index in [1.807, 2.05) is 26.0 Å². The largest absolute Gasteiger partial charge is 0.423 e. The van der Waals surface area contributed by atoms with Crippen molar-refractivity contribution in [1.82, 2.24) is 0 Å². The molecule has 104 valence electrons. The predicted octanol–water partition coefficient (Wildman–Crippen LogP) is 3.31. The number of carbonyl (C=O) groups is 1. The van der Waals surface area contributed by atoms with Gasteiger partial charge < -0.3 is 10.5 Å². The smallest absolute Gasteiger partial charge is 0.338 e. The van der Waals surface area contributed by atoms with Crippen LogP contribution in [0.4, 0.5) is 0 Å². The van der Waals surface area contributed by atoms with Gasteiger partial charge in [-0.2, -0.15) is 0 Å². The SMILES string of the molecule is C=C(C)C(=O)Oc1cccc(C(C)(C)N)c1CCC. The van der Waals surface area contributed by atoms with Crippen LogP contribution in [0.15, 0.2) is 30.4 Å². The average Bonchev–Trinajstić information content (AvgIpc) is 2.29. The summed E-state index contributed by atoms with van der Waals surface area (Å²) in [6.07, 6.45) is 1.79. The fraction of sp³-hybridized carbons (Fsp3) is 0.438. The molecule has 1 aromatic carbocycles. The molecular weight excluding hydrogens is 238 g/mol. The van der Waals surface area contributed by atoms with E-state index < -0.39 is 11.5 Å². The summed E-state index contributed by atoms with van der Waals surface area (Å²) in [5, 5.41) is 0. The Hall–Kier alpha value is -1.61. The van der Waals surface area contributed by atoms with E-state index in [0.29, 0.717) is 11.3 Å². The van der Waals surface area contributed by atoms with Crippen LogP contribution in [0.1, 0.15) is 45.2 Å². The van der Waals surface area contributed by atoms with Crippen LogP contribution in [0.2, 0.25) is 0 Å². The molecule has 0 aromatic heterocycles. The number of hydrogen-bond donors (Lipinski definition) is 1. The second kappa shape index (κ2) is 6.02. The summed E-state index contributed by atoms with van der Waals surface area (Å²) in [6.45, 7) is 11.2. The number of nitrogens with two attached hydrogens (primary N) is 1. The lowest BCUT2D eigenvalue weighted by atomic mass is 9.88. The molecule has 3 heteroatoms. The average molecular weight is 261 g/mol. The van der Waals surface area contributed by atoms with Crippen molar-refractivity contribution >= 4 is 5.97 Å². The van der Waals surface area contributed by atoms with Gasteiger partial charge in [0.15, 0.2) is 0 Å². The Bertz CT molecular complexity index is 484. The number of carbonyl (C=O) groups excluding carboxylic acids is 1. The Labute approximate surface area is 115 Å². The van der Waals surface area contributed by atoms with E-state index in [1.165, 1.54) is 0 Å². The van der Waals surface area contributed by atoms with Crippen molar-refractivity contribution in [2.75, 3.05) is 0 Å². The van der Waals surface area contributed by atoms with Crippen LogP contribution in [0.5, 0.6) is 5.75 Å². The van der Waals surface area contributed by atoms with Crippen LogP contribution < -0.4 is 10.5 Å². The minimum Gasteiger partial charge on any atom is -0.423 e. The minimum absolute atomic E-state index is 0.389. The Balaban J connectivity index is 3.24. The van der Waals surface area contributed by atoms with Gasteiger partial charge in [-0.3, -0.25) is 0 Å².